The van der Waals surface area contributed by atoms with Gasteiger partial charge in [0.15, 0.2) is 12.4 Å². The van der Waals surface area contributed by atoms with Crippen molar-refractivity contribution in [2.45, 2.75) is 19.8 Å². The number of fused-ring (bicyclic) bond motifs is 1. The highest BCUT2D eigenvalue weighted by atomic mass is 16.5. The van der Waals surface area contributed by atoms with Gasteiger partial charge in [0, 0.05) is 36.6 Å². The molecule has 2 aromatic carbocycles. The summed E-state index contributed by atoms with van der Waals surface area (Å²) in [6.45, 7) is 2.02. The molecule has 0 unspecified atom stereocenters. The number of rotatable bonds is 8. The monoisotopic (exact) mass is 379 g/mol. The van der Waals surface area contributed by atoms with Crippen molar-refractivity contribution in [3.05, 3.63) is 76.1 Å². The van der Waals surface area contributed by atoms with E-state index in [0.29, 0.717) is 23.4 Å². The van der Waals surface area contributed by atoms with Crippen molar-refractivity contribution in [1.29, 1.82) is 0 Å². The second kappa shape index (κ2) is 8.99. The lowest BCUT2D eigenvalue weighted by Crippen LogP contribution is -2.21. The van der Waals surface area contributed by atoms with Crippen molar-refractivity contribution >= 4 is 22.7 Å². The highest BCUT2D eigenvalue weighted by molar-refractivity contribution is 5.97. The van der Waals surface area contributed by atoms with Crippen LogP contribution in [-0.4, -0.2) is 24.8 Å². The van der Waals surface area contributed by atoms with Crippen LogP contribution in [0.2, 0.25) is 0 Å². The van der Waals surface area contributed by atoms with Crippen LogP contribution < -0.4 is 15.7 Å². The van der Waals surface area contributed by atoms with Crippen molar-refractivity contribution in [2.75, 3.05) is 13.2 Å². The average molecular weight is 379 g/mol. The topological polar surface area (TPSA) is 85.6 Å². The predicted molar refractivity (Wildman–Crippen MR) is 106 cm³/mol. The molecular weight excluding hydrogens is 358 g/mol. The van der Waals surface area contributed by atoms with E-state index in [4.69, 9.17) is 9.15 Å². The third-order valence-corrected chi connectivity index (χ3v) is 4.26. The van der Waals surface area contributed by atoms with E-state index in [1.54, 1.807) is 36.4 Å². The summed E-state index contributed by atoms with van der Waals surface area (Å²) in [6.07, 6.45) is 1.67. The normalized spacial score (nSPS) is 10.6. The Morgan fingerprint density at radius 2 is 1.79 bits per heavy atom. The number of ether oxygens (including phenoxy) is 1. The summed E-state index contributed by atoms with van der Waals surface area (Å²) >= 11 is 0. The van der Waals surface area contributed by atoms with Gasteiger partial charge >= 0.3 is 5.63 Å². The van der Waals surface area contributed by atoms with Gasteiger partial charge in [-0.15, -0.1) is 0 Å². The number of hydrogen-bond acceptors (Lipinski definition) is 5. The van der Waals surface area contributed by atoms with Gasteiger partial charge in [-0.05, 0) is 36.6 Å². The summed E-state index contributed by atoms with van der Waals surface area (Å²) < 4.78 is 10.7. The van der Waals surface area contributed by atoms with Crippen LogP contribution in [0.3, 0.4) is 0 Å². The SMILES string of the molecule is CC(=O)NCCCc1ccc(C(=O)COc2ccc3ccc(=O)oc3c2)cc1. The minimum Gasteiger partial charge on any atom is -0.485 e. The third-order valence-electron chi connectivity index (χ3n) is 4.26. The van der Waals surface area contributed by atoms with Gasteiger partial charge in [0.25, 0.3) is 0 Å². The van der Waals surface area contributed by atoms with Crippen LogP contribution in [0.25, 0.3) is 11.0 Å². The summed E-state index contributed by atoms with van der Waals surface area (Å²) in [5, 5.41) is 3.54. The van der Waals surface area contributed by atoms with Gasteiger partial charge in [-0.1, -0.05) is 24.3 Å². The molecule has 0 radical (unpaired) electrons. The lowest BCUT2D eigenvalue weighted by atomic mass is 10.1. The molecule has 0 fully saturated rings. The average Bonchev–Trinajstić information content (AvgIpc) is 2.69. The summed E-state index contributed by atoms with van der Waals surface area (Å²) in [7, 11) is 0. The minimum atomic E-state index is -0.433. The van der Waals surface area contributed by atoms with Gasteiger partial charge < -0.3 is 14.5 Å². The molecule has 0 aliphatic carbocycles. The fourth-order valence-corrected chi connectivity index (χ4v) is 2.78. The molecule has 144 valence electrons. The first kappa shape index (κ1) is 19.4. The molecule has 3 rings (SSSR count). The number of carbonyl (C=O) groups is 2. The molecule has 1 aromatic heterocycles. The first-order valence-corrected chi connectivity index (χ1v) is 9.04. The second-order valence-corrected chi connectivity index (χ2v) is 6.45. The third kappa shape index (κ3) is 5.30. The van der Waals surface area contributed by atoms with Crippen molar-refractivity contribution in [1.82, 2.24) is 5.32 Å². The van der Waals surface area contributed by atoms with Crippen LogP contribution in [0.5, 0.6) is 5.75 Å². The molecule has 1 N–H and O–H groups in total. The molecule has 1 heterocycles. The quantitative estimate of drug-likeness (QED) is 0.369. The number of hydrogen-bond donors (Lipinski definition) is 1. The van der Waals surface area contributed by atoms with Gasteiger partial charge in [0.05, 0.1) is 0 Å². The van der Waals surface area contributed by atoms with Gasteiger partial charge in [0.1, 0.15) is 11.3 Å². The lowest BCUT2D eigenvalue weighted by Gasteiger charge is -2.07. The van der Waals surface area contributed by atoms with E-state index in [0.717, 1.165) is 23.8 Å². The maximum absolute atomic E-state index is 12.3. The standard InChI is InChI=1S/C22H21NO5/c1-15(24)23-12-2-3-16-4-6-17(7-5-16)20(25)14-27-19-10-8-18-9-11-22(26)28-21(18)13-19/h4-11,13H,2-3,12,14H2,1H3,(H,23,24). The first-order valence-electron chi connectivity index (χ1n) is 9.04. The largest absolute Gasteiger partial charge is 0.485 e. The molecule has 0 saturated carbocycles. The Bertz CT molecular complexity index is 1040. The van der Waals surface area contributed by atoms with Crippen LogP contribution >= 0.6 is 0 Å². The summed E-state index contributed by atoms with van der Waals surface area (Å²) in [6, 6.07) is 15.5. The lowest BCUT2D eigenvalue weighted by molar-refractivity contribution is -0.118. The molecule has 3 aromatic rings. The Kier molecular flexibility index (Phi) is 6.22. The number of Topliss-reactive ketones (excluding diaryl/α,β-unsaturated/α-hetero) is 1. The molecule has 0 spiro atoms. The highest BCUT2D eigenvalue weighted by Crippen LogP contribution is 2.19. The molecule has 0 saturated heterocycles. The van der Waals surface area contributed by atoms with Crippen LogP contribution in [0.4, 0.5) is 0 Å². The van der Waals surface area contributed by atoms with Crippen molar-refractivity contribution < 1.29 is 18.7 Å². The Morgan fingerprint density at radius 1 is 1.04 bits per heavy atom. The zero-order valence-electron chi connectivity index (χ0n) is 15.6. The Morgan fingerprint density at radius 3 is 2.54 bits per heavy atom. The van der Waals surface area contributed by atoms with Crippen molar-refractivity contribution in [3.63, 3.8) is 0 Å². The summed E-state index contributed by atoms with van der Waals surface area (Å²) in [5.74, 6) is 0.290. The van der Waals surface area contributed by atoms with Crippen molar-refractivity contribution in [3.8, 4) is 5.75 Å². The number of ketones is 1. The minimum absolute atomic E-state index is 0.0329. The van der Waals surface area contributed by atoms with E-state index in [-0.39, 0.29) is 18.3 Å². The van der Waals surface area contributed by atoms with Gasteiger partial charge in [0.2, 0.25) is 5.91 Å². The van der Waals surface area contributed by atoms with Crippen LogP contribution in [0.1, 0.15) is 29.3 Å². The van der Waals surface area contributed by atoms with E-state index in [9.17, 15) is 14.4 Å². The molecule has 6 nitrogen and oxygen atoms in total. The predicted octanol–water partition coefficient (Wildman–Crippen LogP) is 3.12. The van der Waals surface area contributed by atoms with Crippen LogP contribution in [-0.2, 0) is 11.2 Å². The van der Waals surface area contributed by atoms with Crippen LogP contribution in [0.15, 0.2) is 63.8 Å². The van der Waals surface area contributed by atoms with E-state index in [1.165, 1.54) is 13.0 Å². The zero-order chi connectivity index (χ0) is 19.9. The summed E-state index contributed by atoms with van der Waals surface area (Å²) in [5.41, 5.74) is 1.66. The number of amides is 1. The molecule has 6 heteroatoms. The molecule has 0 bridgehead atoms. The molecule has 28 heavy (non-hydrogen) atoms. The fraction of sp³-hybridized carbons (Fsp3) is 0.227. The molecule has 0 aliphatic rings. The van der Waals surface area contributed by atoms with E-state index in [2.05, 4.69) is 5.32 Å². The molecule has 0 aliphatic heterocycles. The van der Waals surface area contributed by atoms with Gasteiger partial charge in [-0.2, -0.15) is 0 Å². The zero-order valence-corrected chi connectivity index (χ0v) is 15.6. The van der Waals surface area contributed by atoms with Gasteiger partial charge in [-0.3, -0.25) is 9.59 Å². The molecular formula is C22H21NO5. The fourth-order valence-electron chi connectivity index (χ4n) is 2.78. The summed E-state index contributed by atoms with van der Waals surface area (Å²) in [4.78, 5) is 34.5. The maximum atomic E-state index is 12.3. The van der Waals surface area contributed by atoms with Gasteiger partial charge in [-0.25, -0.2) is 4.79 Å². The van der Waals surface area contributed by atoms with Crippen LogP contribution in [0, 0.1) is 0 Å². The molecule has 1 amide bonds. The smallest absolute Gasteiger partial charge is 0.336 e. The highest BCUT2D eigenvalue weighted by Gasteiger charge is 2.08. The second-order valence-electron chi connectivity index (χ2n) is 6.45. The first-order chi connectivity index (χ1) is 13.5. The number of nitrogens with one attached hydrogen (secondary N) is 1. The number of carbonyl (C=O) groups excluding carboxylic acids is 2. The maximum Gasteiger partial charge on any atom is 0.336 e. The Hall–Kier alpha value is -3.41. The van der Waals surface area contributed by atoms with Crippen molar-refractivity contribution in [2.24, 2.45) is 0 Å². The van der Waals surface area contributed by atoms with E-state index >= 15 is 0 Å². The Balaban J connectivity index is 1.54. The van der Waals surface area contributed by atoms with E-state index in [1.807, 2.05) is 12.1 Å². The molecule has 0 atom stereocenters. The van der Waals surface area contributed by atoms with E-state index < -0.39 is 5.63 Å². The number of aryl methyl sites for hydroxylation is 1. The Labute approximate surface area is 162 Å². The number of benzene rings is 2.